The maximum Gasteiger partial charge on any atom is 0.239 e. The number of hydrogen-bond acceptors (Lipinski definition) is 8. The van der Waals surface area contributed by atoms with Gasteiger partial charge in [0.15, 0.2) is 5.82 Å². The summed E-state index contributed by atoms with van der Waals surface area (Å²) in [4.78, 5) is 28.4. The lowest BCUT2D eigenvalue weighted by atomic mass is 10.2. The number of benzene rings is 1. The Morgan fingerprint density at radius 1 is 0.885 bits per heavy atom. The van der Waals surface area contributed by atoms with Gasteiger partial charge in [-0.15, -0.1) is 0 Å². The number of hydrogen-bond donors (Lipinski definition) is 0. The second-order valence-electron chi connectivity index (χ2n) is 5.37. The Morgan fingerprint density at radius 3 is 2.00 bits per heavy atom. The van der Waals surface area contributed by atoms with E-state index in [1.165, 1.54) is 18.9 Å². The topological polar surface area (TPSA) is 89.9 Å². The lowest BCUT2D eigenvalue weighted by Crippen LogP contribution is -2.34. The Hall–Kier alpha value is -2.62. The van der Waals surface area contributed by atoms with E-state index >= 15 is 0 Å². The molecule has 0 aliphatic heterocycles. The molecule has 0 saturated heterocycles. The predicted octanol–water partition coefficient (Wildman–Crippen LogP) is 1.51. The Morgan fingerprint density at radius 2 is 1.46 bits per heavy atom. The maximum absolute atomic E-state index is 12.0. The fourth-order valence-electron chi connectivity index (χ4n) is 2.22. The summed E-state index contributed by atoms with van der Waals surface area (Å²) in [7, 11) is 4.63. The second-order valence-corrected chi connectivity index (χ2v) is 5.37. The number of rotatable bonds is 9. The average Bonchev–Trinajstić information content (AvgIpc) is 2.66. The zero-order valence-electron chi connectivity index (χ0n) is 15.4. The highest BCUT2D eigenvalue weighted by Crippen LogP contribution is 2.21. The van der Waals surface area contributed by atoms with E-state index in [1.54, 1.807) is 19.1 Å². The molecule has 0 fully saturated rings. The number of aromatic nitrogens is 3. The van der Waals surface area contributed by atoms with Crippen LogP contribution in [0.2, 0.25) is 0 Å². The molecular formula is C17H23N5O4. The molecule has 140 valence electrons. The van der Waals surface area contributed by atoms with E-state index in [1.807, 2.05) is 30.3 Å². The summed E-state index contributed by atoms with van der Waals surface area (Å²) in [6.07, 6.45) is 0. The first-order chi connectivity index (χ1) is 12.6. The van der Waals surface area contributed by atoms with E-state index in [9.17, 15) is 4.79 Å². The van der Waals surface area contributed by atoms with Crippen molar-refractivity contribution in [1.82, 2.24) is 15.0 Å². The predicted molar refractivity (Wildman–Crippen MR) is 96.5 cm³/mol. The van der Waals surface area contributed by atoms with Crippen molar-refractivity contribution in [2.75, 3.05) is 51.3 Å². The van der Waals surface area contributed by atoms with E-state index in [-0.39, 0.29) is 32.0 Å². The Balaban J connectivity index is 2.56. The highest BCUT2D eigenvalue weighted by molar-refractivity contribution is 5.89. The summed E-state index contributed by atoms with van der Waals surface area (Å²) >= 11 is 0. The third kappa shape index (κ3) is 4.94. The molecule has 1 heterocycles. The van der Waals surface area contributed by atoms with Crippen LogP contribution in [0.1, 0.15) is 6.92 Å². The minimum absolute atomic E-state index is 0.0293. The molecule has 0 spiro atoms. The SMILES string of the molecule is COCN(COC)c1nc(-c2ccccc2)nc(N(COC)C(C)=O)n1. The molecule has 0 unspecified atom stereocenters. The minimum atomic E-state index is -0.243. The van der Waals surface area contributed by atoms with Gasteiger partial charge in [0.25, 0.3) is 0 Å². The van der Waals surface area contributed by atoms with Crippen molar-refractivity contribution in [3.8, 4) is 11.4 Å². The number of carbonyl (C=O) groups excluding carboxylic acids is 1. The number of amides is 1. The molecule has 26 heavy (non-hydrogen) atoms. The van der Waals surface area contributed by atoms with Crippen molar-refractivity contribution in [2.45, 2.75) is 6.92 Å². The largest absolute Gasteiger partial charge is 0.364 e. The van der Waals surface area contributed by atoms with Crippen molar-refractivity contribution in [1.29, 1.82) is 0 Å². The van der Waals surface area contributed by atoms with Gasteiger partial charge in [-0.05, 0) is 0 Å². The molecule has 2 rings (SSSR count). The molecule has 0 aliphatic rings. The van der Waals surface area contributed by atoms with Crippen LogP contribution in [-0.4, -0.2) is 62.4 Å². The van der Waals surface area contributed by atoms with Crippen molar-refractivity contribution >= 4 is 17.8 Å². The van der Waals surface area contributed by atoms with Gasteiger partial charge in [-0.2, -0.15) is 15.0 Å². The van der Waals surface area contributed by atoms with Gasteiger partial charge in [0.05, 0.1) is 0 Å². The molecule has 9 heteroatoms. The van der Waals surface area contributed by atoms with E-state index < -0.39 is 0 Å². The van der Waals surface area contributed by atoms with E-state index in [2.05, 4.69) is 15.0 Å². The normalized spacial score (nSPS) is 10.6. The number of carbonyl (C=O) groups is 1. The minimum Gasteiger partial charge on any atom is -0.364 e. The number of ether oxygens (including phenoxy) is 3. The monoisotopic (exact) mass is 361 g/mol. The van der Waals surface area contributed by atoms with E-state index in [4.69, 9.17) is 14.2 Å². The molecule has 0 saturated carbocycles. The average molecular weight is 361 g/mol. The number of anilines is 2. The summed E-state index contributed by atoms with van der Waals surface area (Å²) in [5.41, 5.74) is 0.799. The van der Waals surface area contributed by atoms with Crippen molar-refractivity contribution in [2.24, 2.45) is 0 Å². The first-order valence-corrected chi connectivity index (χ1v) is 7.92. The summed E-state index contributed by atoms with van der Waals surface area (Å²) in [5.74, 6) is 0.721. The van der Waals surface area contributed by atoms with Gasteiger partial charge in [0.1, 0.15) is 20.2 Å². The first-order valence-electron chi connectivity index (χ1n) is 7.92. The van der Waals surface area contributed by atoms with Gasteiger partial charge in [-0.3, -0.25) is 14.6 Å². The lowest BCUT2D eigenvalue weighted by molar-refractivity contribution is -0.117. The molecule has 0 aliphatic carbocycles. The van der Waals surface area contributed by atoms with Crippen LogP contribution >= 0.6 is 0 Å². The van der Waals surface area contributed by atoms with Crippen molar-refractivity contribution in [3.63, 3.8) is 0 Å². The molecule has 1 aromatic carbocycles. The first kappa shape index (κ1) is 19.7. The van der Waals surface area contributed by atoms with Crippen LogP contribution < -0.4 is 9.80 Å². The van der Waals surface area contributed by atoms with Gasteiger partial charge in [0, 0.05) is 33.8 Å². The van der Waals surface area contributed by atoms with Crippen LogP contribution in [-0.2, 0) is 19.0 Å². The molecule has 0 bridgehead atoms. The molecule has 0 radical (unpaired) electrons. The molecule has 0 N–H and O–H groups in total. The Kier molecular flexibility index (Phi) is 7.39. The fourth-order valence-corrected chi connectivity index (χ4v) is 2.22. The summed E-state index contributed by atoms with van der Waals surface area (Å²) in [6, 6.07) is 9.45. The quantitative estimate of drug-likeness (QED) is 0.621. The highest BCUT2D eigenvalue weighted by Gasteiger charge is 2.20. The highest BCUT2D eigenvalue weighted by atomic mass is 16.5. The smallest absolute Gasteiger partial charge is 0.239 e. The van der Waals surface area contributed by atoms with Crippen LogP contribution in [0.15, 0.2) is 30.3 Å². The Bertz CT molecular complexity index is 708. The van der Waals surface area contributed by atoms with Crippen molar-refractivity contribution < 1.29 is 19.0 Å². The third-order valence-corrected chi connectivity index (χ3v) is 3.38. The van der Waals surface area contributed by atoms with Crippen LogP contribution in [0.4, 0.5) is 11.9 Å². The summed E-state index contributed by atoms with van der Waals surface area (Å²) in [5, 5.41) is 0. The fraction of sp³-hybridized carbons (Fsp3) is 0.412. The second kappa shape index (κ2) is 9.76. The maximum atomic E-state index is 12.0. The number of nitrogens with zero attached hydrogens (tertiary/aromatic N) is 5. The third-order valence-electron chi connectivity index (χ3n) is 3.38. The summed E-state index contributed by atoms with van der Waals surface area (Å²) < 4.78 is 15.5. The van der Waals surface area contributed by atoms with E-state index in [0.29, 0.717) is 11.8 Å². The van der Waals surface area contributed by atoms with Crippen molar-refractivity contribution in [3.05, 3.63) is 30.3 Å². The molecule has 1 aromatic heterocycles. The van der Waals surface area contributed by atoms with Gasteiger partial charge in [-0.1, -0.05) is 30.3 Å². The summed E-state index contributed by atoms with van der Waals surface area (Å²) in [6.45, 7) is 1.89. The zero-order chi connectivity index (χ0) is 18.9. The Labute approximate surface area is 152 Å². The van der Waals surface area contributed by atoms with Gasteiger partial charge >= 0.3 is 0 Å². The standard InChI is InChI=1S/C17H23N5O4/c1-13(23)22(12-26-4)17-19-15(14-8-6-5-7-9-14)18-16(20-17)21(10-24-2)11-25-3/h5-9H,10-12H2,1-4H3. The van der Waals surface area contributed by atoms with Crippen LogP contribution in [0, 0.1) is 0 Å². The van der Waals surface area contributed by atoms with Crippen LogP contribution in [0.5, 0.6) is 0 Å². The molecule has 2 aromatic rings. The zero-order valence-corrected chi connectivity index (χ0v) is 15.4. The molecule has 1 amide bonds. The van der Waals surface area contributed by atoms with Gasteiger partial charge in [-0.25, -0.2) is 0 Å². The van der Waals surface area contributed by atoms with E-state index in [0.717, 1.165) is 5.56 Å². The van der Waals surface area contributed by atoms with Gasteiger partial charge in [0.2, 0.25) is 17.8 Å². The van der Waals surface area contributed by atoms with Crippen LogP contribution in [0.25, 0.3) is 11.4 Å². The van der Waals surface area contributed by atoms with Gasteiger partial charge < -0.3 is 14.2 Å². The molecule has 0 atom stereocenters. The molecular weight excluding hydrogens is 338 g/mol. The lowest BCUT2D eigenvalue weighted by Gasteiger charge is -2.23. The molecule has 9 nitrogen and oxygen atoms in total. The number of methoxy groups -OCH3 is 3. The van der Waals surface area contributed by atoms with Crippen LogP contribution in [0.3, 0.4) is 0 Å².